The zero-order valence-electron chi connectivity index (χ0n) is 19.1. The highest BCUT2D eigenvalue weighted by Gasteiger charge is 2.56. The van der Waals surface area contributed by atoms with E-state index in [1.807, 2.05) is 18.4 Å². The van der Waals surface area contributed by atoms with Crippen LogP contribution in [0.5, 0.6) is 0 Å². The van der Waals surface area contributed by atoms with Crippen LogP contribution in [0.4, 0.5) is 0 Å². The normalized spacial score (nSPS) is 35.6. The number of halogens is 1. The third kappa shape index (κ3) is 2.96. The molecule has 1 N–H and O–H groups in total. The molecule has 4 atom stereocenters. The molecule has 2 aromatic heterocycles. The maximum atomic E-state index is 9.85. The van der Waals surface area contributed by atoms with E-state index in [9.17, 15) is 5.11 Å². The molecule has 0 bridgehead atoms. The van der Waals surface area contributed by atoms with Gasteiger partial charge in [0.1, 0.15) is 23.8 Å². The van der Waals surface area contributed by atoms with Crippen molar-refractivity contribution in [3.05, 3.63) is 52.7 Å². The Bertz CT molecular complexity index is 1290. The van der Waals surface area contributed by atoms with Crippen molar-refractivity contribution in [2.75, 3.05) is 6.61 Å². The molecule has 1 aromatic carbocycles. The Kier molecular flexibility index (Phi) is 4.50. The van der Waals surface area contributed by atoms with E-state index in [2.05, 4.69) is 34.2 Å². The third-order valence-corrected chi connectivity index (χ3v) is 8.29. The summed E-state index contributed by atoms with van der Waals surface area (Å²) in [6.45, 7) is 3.58. The molecule has 1 spiro atoms. The Morgan fingerprint density at radius 3 is 2.76 bits per heavy atom. The van der Waals surface area contributed by atoms with E-state index < -0.39 is 18.1 Å². The van der Waals surface area contributed by atoms with E-state index in [-0.39, 0.29) is 35.4 Å². The summed E-state index contributed by atoms with van der Waals surface area (Å²) < 4.78 is 20.1. The molecule has 3 fully saturated rings. The van der Waals surface area contributed by atoms with Crippen LogP contribution in [0.15, 0.2) is 30.6 Å². The molecule has 4 aliphatic rings. The second-order valence-corrected chi connectivity index (χ2v) is 10.9. The van der Waals surface area contributed by atoms with E-state index in [1.165, 1.54) is 17.5 Å². The van der Waals surface area contributed by atoms with Crippen molar-refractivity contribution in [3.63, 3.8) is 0 Å². The summed E-state index contributed by atoms with van der Waals surface area (Å²) in [6.07, 6.45) is 4.37. The van der Waals surface area contributed by atoms with E-state index in [1.54, 1.807) is 6.33 Å². The molecule has 1 saturated carbocycles. The molecule has 34 heavy (non-hydrogen) atoms. The van der Waals surface area contributed by atoms with Crippen LogP contribution in [0.2, 0.25) is 5.28 Å². The van der Waals surface area contributed by atoms with Crippen molar-refractivity contribution in [3.8, 4) is 0 Å². The predicted molar refractivity (Wildman–Crippen MR) is 124 cm³/mol. The van der Waals surface area contributed by atoms with Crippen molar-refractivity contribution in [2.24, 2.45) is 0 Å². The minimum Gasteiger partial charge on any atom is -0.394 e. The average Bonchev–Trinajstić information content (AvgIpc) is 3.52. The molecule has 2 saturated heterocycles. The Hall–Kier alpha value is -2.10. The van der Waals surface area contributed by atoms with Gasteiger partial charge in [0.2, 0.25) is 5.28 Å². The van der Waals surface area contributed by atoms with E-state index >= 15 is 0 Å². The van der Waals surface area contributed by atoms with Crippen molar-refractivity contribution < 1.29 is 19.3 Å². The number of aromatic nitrogens is 4. The molecule has 3 aromatic rings. The second-order valence-electron chi connectivity index (χ2n) is 10.6. The van der Waals surface area contributed by atoms with Crippen molar-refractivity contribution in [1.82, 2.24) is 19.5 Å². The van der Waals surface area contributed by atoms with Crippen LogP contribution >= 0.6 is 11.6 Å². The number of benzene rings is 1. The molecule has 2 aliphatic carbocycles. The minimum atomic E-state index is -0.753. The van der Waals surface area contributed by atoms with Gasteiger partial charge in [0.15, 0.2) is 17.7 Å². The largest absolute Gasteiger partial charge is 0.394 e. The average molecular weight is 483 g/mol. The summed E-state index contributed by atoms with van der Waals surface area (Å²) in [5.41, 5.74) is 5.49. The number of hydrogen-bond acceptors (Lipinski definition) is 7. The summed E-state index contributed by atoms with van der Waals surface area (Å²) in [7, 11) is 0. The minimum absolute atomic E-state index is 0.156. The van der Waals surface area contributed by atoms with Gasteiger partial charge in [-0.25, -0.2) is 9.97 Å². The maximum absolute atomic E-state index is 9.85. The van der Waals surface area contributed by atoms with Crippen LogP contribution in [0.1, 0.15) is 62.1 Å². The van der Waals surface area contributed by atoms with E-state index in [0.717, 1.165) is 30.5 Å². The van der Waals surface area contributed by atoms with Crippen molar-refractivity contribution in [2.45, 2.75) is 81.2 Å². The smallest absolute Gasteiger partial charge is 0.224 e. The molecular formula is C25H27ClN4O4. The lowest BCUT2D eigenvalue weighted by Crippen LogP contribution is -2.38. The van der Waals surface area contributed by atoms with Gasteiger partial charge in [-0.2, -0.15) is 4.98 Å². The van der Waals surface area contributed by atoms with Gasteiger partial charge in [-0.3, -0.25) is 4.57 Å². The van der Waals surface area contributed by atoms with Gasteiger partial charge in [-0.1, -0.05) is 24.3 Å². The van der Waals surface area contributed by atoms with Crippen LogP contribution in [-0.2, 0) is 26.0 Å². The number of aryl methyl sites for hydroxylation is 1. The number of rotatable bonds is 3. The molecule has 9 heteroatoms. The molecule has 2 unspecified atom stereocenters. The summed E-state index contributed by atoms with van der Waals surface area (Å²) >= 11 is 6.43. The van der Waals surface area contributed by atoms with Gasteiger partial charge in [-0.15, -0.1) is 0 Å². The molecule has 7 rings (SSSR count). The lowest BCUT2D eigenvalue weighted by Gasteiger charge is -2.46. The number of nitrogens with zero attached hydrogens (tertiary/aromatic N) is 4. The Balaban J connectivity index is 1.23. The molecule has 0 radical (unpaired) electrons. The zero-order valence-corrected chi connectivity index (χ0v) is 19.9. The van der Waals surface area contributed by atoms with Gasteiger partial charge < -0.3 is 19.3 Å². The first-order valence-corrected chi connectivity index (χ1v) is 12.4. The van der Waals surface area contributed by atoms with Crippen LogP contribution in [-0.4, -0.2) is 55.3 Å². The molecule has 0 amide bonds. The van der Waals surface area contributed by atoms with Crippen LogP contribution in [0.25, 0.3) is 11.2 Å². The number of fused-ring (bicyclic) bond motifs is 4. The summed E-state index contributed by atoms with van der Waals surface area (Å²) in [5.74, 6) is -0.471. The fraction of sp³-hybridized carbons (Fsp3) is 0.560. The van der Waals surface area contributed by atoms with Gasteiger partial charge in [-0.05, 0) is 67.7 Å². The Labute approximate surface area is 202 Å². The van der Waals surface area contributed by atoms with Crippen molar-refractivity contribution in [1.29, 1.82) is 0 Å². The van der Waals surface area contributed by atoms with Crippen LogP contribution in [0.3, 0.4) is 0 Å². The van der Waals surface area contributed by atoms with E-state index in [4.69, 9.17) is 30.8 Å². The maximum Gasteiger partial charge on any atom is 0.224 e. The monoisotopic (exact) mass is 482 g/mol. The number of aliphatic hydroxyl groups excluding tert-OH is 1. The lowest BCUT2D eigenvalue weighted by atomic mass is 9.58. The van der Waals surface area contributed by atoms with Crippen molar-refractivity contribution >= 4 is 22.8 Å². The second kappa shape index (κ2) is 7.21. The number of aliphatic hydroxyl groups is 1. The molecule has 2 aliphatic heterocycles. The van der Waals surface area contributed by atoms with Gasteiger partial charge in [0.05, 0.1) is 18.6 Å². The summed E-state index contributed by atoms with van der Waals surface area (Å²) in [4.78, 5) is 13.9. The lowest BCUT2D eigenvalue weighted by molar-refractivity contribution is -0.199. The van der Waals surface area contributed by atoms with Gasteiger partial charge >= 0.3 is 0 Å². The topological polar surface area (TPSA) is 91.5 Å². The van der Waals surface area contributed by atoms with Crippen LogP contribution in [0, 0.1) is 0 Å². The van der Waals surface area contributed by atoms with Gasteiger partial charge in [0.25, 0.3) is 0 Å². The molecule has 178 valence electrons. The highest BCUT2D eigenvalue weighted by atomic mass is 35.5. The fourth-order valence-corrected chi connectivity index (χ4v) is 6.85. The predicted octanol–water partition coefficient (Wildman–Crippen LogP) is 3.65. The molecule has 8 nitrogen and oxygen atoms in total. The van der Waals surface area contributed by atoms with Crippen LogP contribution < -0.4 is 0 Å². The first-order chi connectivity index (χ1) is 16.4. The Morgan fingerprint density at radius 1 is 1.15 bits per heavy atom. The molecular weight excluding hydrogens is 456 g/mol. The number of imidazole rings is 1. The third-order valence-electron chi connectivity index (χ3n) is 8.12. The highest BCUT2D eigenvalue weighted by Crippen LogP contribution is 2.59. The first kappa shape index (κ1) is 21.2. The first-order valence-electron chi connectivity index (χ1n) is 12.0. The SMILES string of the molecule is CC1(C)OC2C(O1)[C@@H](CO)O[C@H]2n1cnc2c(C3CC4(CCc5ccccc54)C3)nc(Cl)nc21. The van der Waals surface area contributed by atoms with E-state index in [0.29, 0.717) is 5.65 Å². The number of hydrogen-bond donors (Lipinski definition) is 1. The molecule has 4 heterocycles. The highest BCUT2D eigenvalue weighted by molar-refractivity contribution is 6.28. The number of ether oxygens (including phenoxy) is 3. The standard InChI is InChI=1S/C25H27ClN4O4/c1-24(2)33-19-16(11-31)32-22(20(19)34-24)30-12-27-18-17(28-23(26)29-21(18)30)14-9-25(10-14)8-7-13-5-3-4-6-15(13)25/h3-6,12,14,16,19-20,22,31H,7-11H2,1-2H3/t14?,16-,19?,20?,22-,25?/m1/s1. The zero-order chi connectivity index (χ0) is 23.2. The summed E-state index contributed by atoms with van der Waals surface area (Å²) in [5, 5.41) is 10.1. The Morgan fingerprint density at radius 2 is 1.94 bits per heavy atom. The summed E-state index contributed by atoms with van der Waals surface area (Å²) in [6, 6.07) is 8.81. The quantitative estimate of drug-likeness (QED) is 0.569. The van der Waals surface area contributed by atoms with Gasteiger partial charge in [0, 0.05) is 5.92 Å². The fourth-order valence-electron chi connectivity index (χ4n) is 6.68.